The maximum Gasteiger partial charge on any atom is 0.435 e. The molecule has 0 spiro atoms. The Morgan fingerprint density at radius 3 is 2.44 bits per heavy atom. The van der Waals surface area contributed by atoms with E-state index in [9.17, 15) is 13.2 Å². The van der Waals surface area contributed by atoms with Gasteiger partial charge in [-0.15, -0.1) is 0 Å². The number of halogens is 3. The number of nitrogens with one attached hydrogen (secondary N) is 1. The highest BCUT2D eigenvalue weighted by Gasteiger charge is 2.34. The van der Waals surface area contributed by atoms with Crippen LogP contribution in [0.25, 0.3) is 11.3 Å². The van der Waals surface area contributed by atoms with E-state index in [1.54, 1.807) is 19.2 Å². The molecule has 0 radical (unpaired) electrons. The largest absolute Gasteiger partial charge is 0.435 e. The maximum atomic E-state index is 12.5. The molecule has 0 fully saturated rings. The molecule has 4 nitrogen and oxygen atoms in total. The molecule has 2 aromatic heterocycles. The van der Waals surface area contributed by atoms with E-state index in [1.165, 1.54) is 17.9 Å². The van der Waals surface area contributed by atoms with Crippen LogP contribution < -0.4 is 5.32 Å². The number of nitrogens with zero attached hydrogens (tertiary/aromatic N) is 3. The zero-order valence-corrected chi connectivity index (χ0v) is 9.78. The first-order chi connectivity index (χ1) is 8.41. The van der Waals surface area contributed by atoms with Gasteiger partial charge in [-0.25, -0.2) is 4.98 Å². The molecular weight excluding hydrogens is 245 g/mol. The highest BCUT2D eigenvalue weighted by molar-refractivity contribution is 5.60. The van der Waals surface area contributed by atoms with Crippen molar-refractivity contribution < 1.29 is 13.2 Å². The third kappa shape index (κ3) is 2.29. The second kappa shape index (κ2) is 4.32. The normalized spacial score (nSPS) is 11.6. The van der Waals surface area contributed by atoms with Crippen molar-refractivity contribution >= 4 is 5.82 Å². The minimum Gasteiger partial charge on any atom is -0.373 e. The number of hydrogen-bond donors (Lipinski definition) is 1. The number of hydrogen-bond acceptors (Lipinski definition) is 3. The molecule has 18 heavy (non-hydrogen) atoms. The van der Waals surface area contributed by atoms with E-state index < -0.39 is 11.9 Å². The van der Waals surface area contributed by atoms with Crippen LogP contribution in [0.3, 0.4) is 0 Å². The molecule has 0 bridgehead atoms. The lowest BCUT2D eigenvalue weighted by Crippen LogP contribution is -2.06. The van der Waals surface area contributed by atoms with Crippen LogP contribution >= 0.6 is 0 Å². The van der Waals surface area contributed by atoms with Gasteiger partial charge in [-0.05, 0) is 18.2 Å². The summed E-state index contributed by atoms with van der Waals surface area (Å²) in [4.78, 5) is 4.05. The van der Waals surface area contributed by atoms with Crippen molar-refractivity contribution in [3.8, 4) is 11.3 Å². The van der Waals surface area contributed by atoms with Gasteiger partial charge in [-0.1, -0.05) is 0 Å². The van der Waals surface area contributed by atoms with Gasteiger partial charge >= 0.3 is 6.18 Å². The smallest absolute Gasteiger partial charge is 0.373 e. The average Bonchev–Trinajstić information content (AvgIpc) is 2.71. The monoisotopic (exact) mass is 256 g/mol. The van der Waals surface area contributed by atoms with Gasteiger partial charge in [0.15, 0.2) is 5.69 Å². The Kier molecular flexibility index (Phi) is 2.98. The Balaban J connectivity index is 2.41. The Morgan fingerprint density at radius 1 is 1.28 bits per heavy atom. The molecule has 0 amide bonds. The molecule has 2 aromatic rings. The topological polar surface area (TPSA) is 42.7 Å². The fourth-order valence-corrected chi connectivity index (χ4v) is 1.57. The van der Waals surface area contributed by atoms with Gasteiger partial charge in [0.1, 0.15) is 5.82 Å². The molecule has 0 aliphatic rings. The first-order valence-corrected chi connectivity index (χ1v) is 5.17. The molecule has 7 heteroatoms. The molecule has 0 unspecified atom stereocenters. The van der Waals surface area contributed by atoms with Crippen molar-refractivity contribution in [1.29, 1.82) is 0 Å². The third-order valence-corrected chi connectivity index (χ3v) is 2.49. The second-order valence-corrected chi connectivity index (χ2v) is 3.72. The van der Waals surface area contributed by atoms with Crippen molar-refractivity contribution in [3.05, 3.63) is 30.1 Å². The fraction of sp³-hybridized carbons (Fsp3) is 0.273. The lowest BCUT2D eigenvalue weighted by Gasteiger charge is -2.02. The van der Waals surface area contributed by atoms with Crippen LogP contribution in [0.2, 0.25) is 0 Å². The molecule has 0 aliphatic heterocycles. The predicted molar refractivity (Wildman–Crippen MR) is 61.0 cm³/mol. The summed E-state index contributed by atoms with van der Waals surface area (Å²) in [6.45, 7) is 0. The van der Waals surface area contributed by atoms with Gasteiger partial charge in [0.2, 0.25) is 0 Å². The first-order valence-electron chi connectivity index (χ1n) is 5.17. The van der Waals surface area contributed by atoms with Crippen molar-refractivity contribution in [2.24, 2.45) is 7.05 Å². The summed E-state index contributed by atoms with van der Waals surface area (Å²) in [7, 11) is 3.18. The quantitative estimate of drug-likeness (QED) is 0.897. The Bertz CT molecular complexity index is 542. The summed E-state index contributed by atoms with van der Waals surface area (Å²) in [5.74, 6) is 0.650. The SMILES string of the molecule is CNc1ccc(-c2cc(C(F)(F)F)nn2C)cn1. The highest BCUT2D eigenvalue weighted by Crippen LogP contribution is 2.31. The number of aromatic nitrogens is 3. The molecule has 0 saturated carbocycles. The van der Waals surface area contributed by atoms with Crippen molar-refractivity contribution in [1.82, 2.24) is 14.8 Å². The van der Waals surface area contributed by atoms with Gasteiger partial charge in [-0.2, -0.15) is 18.3 Å². The number of anilines is 1. The van der Waals surface area contributed by atoms with E-state index in [0.717, 1.165) is 6.07 Å². The Hall–Kier alpha value is -2.05. The zero-order valence-electron chi connectivity index (χ0n) is 9.78. The minimum atomic E-state index is -4.44. The van der Waals surface area contributed by atoms with Crippen LogP contribution in [-0.2, 0) is 13.2 Å². The number of rotatable bonds is 2. The fourth-order valence-electron chi connectivity index (χ4n) is 1.57. The van der Waals surface area contributed by atoms with Gasteiger partial charge in [0.05, 0.1) is 5.69 Å². The lowest BCUT2D eigenvalue weighted by molar-refractivity contribution is -0.141. The number of aryl methyl sites for hydroxylation is 1. The summed E-state index contributed by atoms with van der Waals surface area (Å²) in [6.07, 6.45) is -2.93. The maximum absolute atomic E-state index is 12.5. The van der Waals surface area contributed by atoms with Crippen LogP contribution in [0.5, 0.6) is 0 Å². The van der Waals surface area contributed by atoms with Crippen LogP contribution in [0.15, 0.2) is 24.4 Å². The van der Waals surface area contributed by atoms with Gasteiger partial charge in [0.25, 0.3) is 0 Å². The van der Waals surface area contributed by atoms with Gasteiger partial charge in [-0.3, -0.25) is 4.68 Å². The zero-order chi connectivity index (χ0) is 13.3. The minimum absolute atomic E-state index is 0.373. The van der Waals surface area contributed by atoms with Crippen LogP contribution in [0.4, 0.5) is 19.0 Å². The Morgan fingerprint density at radius 2 is 2.00 bits per heavy atom. The van der Waals surface area contributed by atoms with Crippen molar-refractivity contribution in [2.75, 3.05) is 12.4 Å². The van der Waals surface area contributed by atoms with E-state index in [0.29, 0.717) is 17.1 Å². The lowest BCUT2D eigenvalue weighted by atomic mass is 10.2. The van der Waals surface area contributed by atoms with E-state index >= 15 is 0 Å². The molecule has 0 aliphatic carbocycles. The Labute approximate surface area is 101 Å². The van der Waals surface area contributed by atoms with Crippen molar-refractivity contribution in [2.45, 2.75) is 6.18 Å². The van der Waals surface area contributed by atoms with Gasteiger partial charge < -0.3 is 5.32 Å². The van der Waals surface area contributed by atoms with Gasteiger partial charge in [0, 0.05) is 25.9 Å². The van der Waals surface area contributed by atoms with E-state index in [4.69, 9.17) is 0 Å². The molecule has 1 N–H and O–H groups in total. The number of pyridine rings is 1. The van der Waals surface area contributed by atoms with Crippen LogP contribution in [0, 0.1) is 0 Å². The van der Waals surface area contributed by atoms with Crippen LogP contribution in [0.1, 0.15) is 5.69 Å². The summed E-state index contributed by atoms with van der Waals surface area (Å²) in [5, 5.41) is 6.29. The highest BCUT2D eigenvalue weighted by atomic mass is 19.4. The predicted octanol–water partition coefficient (Wildman–Crippen LogP) is 2.54. The number of alkyl halides is 3. The standard InChI is InChI=1S/C11H11F3N4/c1-15-10-4-3-7(6-16-10)8-5-9(11(12,13)14)17-18(8)2/h3-6H,1-2H3,(H,15,16). The second-order valence-electron chi connectivity index (χ2n) is 3.72. The molecular formula is C11H11F3N4. The first kappa shape index (κ1) is 12.4. The third-order valence-electron chi connectivity index (χ3n) is 2.49. The molecule has 2 rings (SSSR count). The molecule has 0 aromatic carbocycles. The molecule has 2 heterocycles. The van der Waals surface area contributed by atoms with Crippen LogP contribution in [-0.4, -0.2) is 21.8 Å². The van der Waals surface area contributed by atoms with Crippen molar-refractivity contribution in [3.63, 3.8) is 0 Å². The average molecular weight is 256 g/mol. The molecule has 0 atom stereocenters. The van der Waals surface area contributed by atoms with E-state index in [1.807, 2.05) is 0 Å². The van der Waals surface area contributed by atoms with E-state index in [2.05, 4.69) is 15.4 Å². The summed E-state index contributed by atoms with van der Waals surface area (Å²) in [5.41, 5.74) is 0.0506. The molecule has 0 saturated heterocycles. The summed E-state index contributed by atoms with van der Waals surface area (Å²) in [6, 6.07) is 4.39. The summed E-state index contributed by atoms with van der Waals surface area (Å²) < 4.78 is 38.7. The molecule has 96 valence electrons. The summed E-state index contributed by atoms with van der Waals surface area (Å²) >= 11 is 0. The van der Waals surface area contributed by atoms with E-state index in [-0.39, 0.29) is 0 Å².